The Morgan fingerprint density at radius 3 is 2.41 bits per heavy atom. The Morgan fingerprint density at radius 1 is 1.10 bits per heavy atom. The molecule has 2 heterocycles. The van der Waals surface area contributed by atoms with Crippen LogP contribution in [-0.2, 0) is 25.4 Å². The van der Waals surface area contributed by atoms with Crippen molar-refractivity contribution in [2.45, 2.75) is 38.1 Å². The molecule has 1 aliphatic carbocycles. The van der Waals surface area contributed by atoms with Gasteiger partial charge in [0.25, 0.3) is 5.56 Å². The van der Waals surface area contributed by atoms with E-state index in [1.165, 1.54) is 53.8 Å². The molecule has 0 saturated heterocycles. The zero-order valence-corrected chi connectivity index (χ0v) is 17.0. The number of carbonyl (C=O) groups is 1. The number of carbonyl (C=O) groups excluding carboxylic acids is 1. The molecule has 0 bridgehead atoms. The lowest BCUT2D eigenvalue weighted by Gasteiger charge is -2.19. The maximum Gasteiger partial charge on any atom is 0.332 e. The van der Waals surface area contributed by atoms with Gasteiger partial charge in [-0.1, -0.05) is 25.0 Å². The molecule has 1 saturated carbocycles. The number of hydrogen-bond donors (Lipinski definition) is 0. The fraction of sp³-hybridized carbons (Fsp3) is 0.429. The molecule has 0 aliphatic heterocycles. The minimum Gasteiger partial charge on any atom is -0.315 e. The maximum atomic E-state index is 12.8. The molecule has 152 valence electrons. The summed E-state index contributed by atoms with van der Waals surface area (Å²) >= 11 is 0. The molecule has 1 fully saturated rings. The number of amides is 1. The highest BCUT2D eigenvalue weighted by atomic mass is 16.2. The average Bonchev–Trinajstić information content (AvgIpc) is 3.40. The molecule has 29 heavy (non-hydrogen) atoms. The molecule has 3 aromatic rings. The second-order valence-corrected chi connectivity index (χ2v) is 7.78. The first kappa shape index (κ1) is 19.2. The van der Waals surface area contributed by atoms with Gasteiger partial charge in [-0.15, -0.1) is 0 Å². The summed E-state index contributed by atoms with van der Waals surface area (Å²) < 4.78 is 3.84. The van der Waals surface area contributed by atoms with Gasteiger partial charge in [-0.25, -0.2) is 9.78 Å². The Hall–Kier alpha value is -3.16. The Kier molecular flexibility index (Phi) is 4.86. The van der Waals surface area contributed by atoms with Crippen molar-refractivity contribution in [3.8, 4) is 0 Å². The van der Waals surface area contributed by atoms with Crippen molar-refractivity contribution < 1.29 is 4.79 Å². The summed E-state index contributed by atoms with van der Waals surface area (Å²) in [7, 11) is 4.70. The van der Waals surface area contributed by atoms with Crippen LogP contribution in [0.2, 0.25) is 0 Å². The molecule has 8 nitrogen and oxygen atoms in total. The van der Waals surface area contributed by atoms with Crippen LogP contribution in [0.3, 0.4) is 0 Å². The maximum absolute atomic E-state index is 12.8. The van der Waals surface area contributed by atoms with E-state index in [9.17, 15) is 14.4 Å². The van der Waals surface area contributed by atoms with Crippen LogP contribution in [0, 0.1) is 0 Å². The number of rotatable bonds is 4. The number of fused-ring (bicyclic) bond motifs is 1. The molecule has 1 aliphatic rings. The summed E-state index contributed by atoms with van der Waals surface area (Å²) in [6.45, 7) is -0.0369. The molecule has 4 rings (SSSR count). The third kappa shape index (κ3) is 3.28. The highest BCUT2D eigenvalue weighted by molar-refractivity contribution is 5.93. The number of imidazole rings is 1. The van der Waals surface area contributed by atoms with Gasteiger partial charge in [-0.3, -0.25) is 18.7 Å². The number of nitrogens with zero attached hydrogens (tertiary/aromatic N) is 5. The van der Waals surface area contributed by atoms with Crippen molar-refractivity contribution in [1.82, 2.24) is 18.7 Å². The Bertz CT molecular complexity index is 1180. The molecule has 0 spiro atoms. The van der Waals surface area contributed by atoms with Crippen LogP contribution < -0.4 is 16.1 Å². The summed E-state index contributed by atoms with van der Waals surface area (Å²) in [5, 5.41) is 0. The van der Waals surface area contributed by atoms with Crippen LogP contribution in [-0.4, -0.2) is 31.6 Å². The number of aromatic nitrogens is 4. The molecule has 1 amide bonds. The molecule has 0 N–H and O–H groups in total. The van der Waals surface area contributed by atoms with E-state index in [1.54, 1.807) is 19.0 Å². The minimum atomic E-state index is -0.461. The van der Waals surface area contributed by atoms with Crippen LogP contribution in [0.25, 0.3) is 11.2 Å². The van der Waals surface area contributed by atoms with Gasteiger partial charge in [0.2, 0.25) is 5.91 Å². The van der Waals surface area contributed by atoms with E-state index < -0.39 is 11.2 Å². The molecule has 1 aromatic carbocycles. The Labute approximate surface area is 168 Å². The smallest absolute Gasteiger partial charge is 0.315 e. The normalized spacial score (nSPS) is 14.6. The van der Waals surface area contributed by atoms with E-state index in [2.05, 4.69) is 17.1 Å². The third-order valence-corrected chi connectivity index (χ3v) is 6.00. The van der Waals surface area contributed by atoms with Gasteiger partial charge >= 0.3 is 5.69 Å². The lowest BCUT2D eigenvalue weighted by atomic mass is 9.97. The van der Waals surface area contributed by atoms with Gasteiger partial charge < -0.3 is 9.47 Å². The number of likely N-dealkylation sites (N-methyl/N-ethyl adjacent to an activating group) is 1. The molecular weight excluding hydrogens is 370 g/mol. The number of anilines is 1. The average molecular weight is 395 g/mol. The van der Waals surface area contributed by atoms with Gasteiger partial charge in [0.1, 0.15) is 6.54 Å². The number of benzene rings is 1. The van der Waals surface area contributed by atoms with Crippen LogP contribution in [0.1, 0.15) is 37.2 Å². The van der Waals surface area contributed by atoms with Gasteiger partial charge in [0, 0.05) is 26.8 Å². The van der Waals surface area contributed by atoms with Crippen LogP contribution >= 0.6 is 0 Å². The minimum absolute atomic E-state index is 0.0369. The standard InChI is InChI=1S/C21H25N5O3/c1-23(16-10-8-15(9-11-16)14-6-4-5-7-14)17(27)12-26-13-22-19-18(26)20(28)25(3)21(29)24(19)2/h8-11,13-14H,4-7,12H2,1-3H3. The van der Waals surface area contributed by atoms with E-state index >= 15 is 0 Å². The zero-order chi connectivity index (χ0) is 20.7. The molecule has 0 atom stereocenters. The first-order valence-electron chi connectivity index (χ1n) is 9.86. The van der Waals surface area contributed by atoms with Gasteiger partial charge in [0.05, 0.1) is 6.33 Å². The molecule has 0 radical (unpaired) electrons. The lowest BCUT2D eigenvalue weighted by molar-refractivity contribution is -0.118. The first-order valence-corrected chi connectivity index (χ1v) is 9.86. The van der Waals surface area contributed by atoms with Gasteiger partial charge in [-0.2, -0.15) is 0 Å². The molecule has 2 aromatic heterocycles. The summed E-state index contributed by atoms with van der Waals surface area (Å²) in [5.41, 5.74) is 1.75. The fourth-order valence-electron chi connectivity index (χ4n) is 4.14. The van der Waals surface area contributed by atoms with Gasteiger partial charge in [0.15, 0.2) is 11.2 Å². The Morgan fingerprint density at radius 2 is 1.76 bits per heavy atom. The SMILES string of the molecule is CN(C(=O)Cn1cnc2c1c(=O)n(C)c(=O)n2C)c1ccc(C2CCCC2)cc1. The van der Waals surface area contributed by atoms with Crippen LogP contribution in [0.15, 0.2) is 40.2 Å². The second kappa shape index (κ2) is 7.35. The highest BCUT2D eigenvalue weighted by Gasteiger charge is 2.20. The molecule has 0 unspecified atom stereocenters. The zero-order valence-electron chi connectivity index (χ0n) is 17.0. The number of aryl methyl sites for hydroxylation is 1. The lowest BCUT2D eigenvalue weighted by Crippen LogP contribution is -2.38. The van der Waals surface area contributed by atoms with Crippen LogP contribution in [0.5, 0.6) is 0 Å². The highest BCUT2D eigenvalue weighted by Crippen LogP contribution is 2.34. The predicted octanol–water partition coefficient (Wildman–Crippen LogP) is 1.75. The van der Waals surface area contributed by atoms with Crippen LogP contribution in [0.4, 0.5) is 5.69 Å². The van der Waals surface area contributed by atoms with E-state index in [0.717, 1.165) is 10.3 Å². The summed E-state index contributed by atoms with van der Waals surface area (Å²) in [6, 6.07) is 8.15. The summed E-state index contributed by atoms with van der Waals surface area (Å²) in [4.78, 5) is 43.2. The van der Waals surface area contributed by atoms with E-state index in [0.29, 0.717) is 5.92 Å². The van der Waals surface area contributed by atoms with Crippen molar-refractivity contribution in [1.29, 1.82) is 0 Å². The first-order chi connectivity index (χ1) is 13.9. The quantitative estimate of drug-likeness (QED) is 0.674. The van der Waals surface area contributed by atoms with E-state index in [4.69, 9.17) is 0 Å². The second-order valence-electron chi connectivity index (χ2n) is 7.78. The molecule has 8 heteroatoms. The van der Waals surface area contributed by atoms with Crippen molar-refractivity contribution in [2.24, 2.45) is 14.1 Å². The summed E-state index contributed by atoms with van der Waals surface area (Å²) in [6.07, 6.45) is 6.47. The topological polar surface area (TPSA) is 82.1 Å². The van der Waals surface area contributed by atoms with Crippen molar-refractivity contribution in [3.05, 3.63) is 57.0 Å². The fourth-order valence-corrected chi connectivity index (χ4v) is 4.14. The largest absolute Gasteiger partial charge is 0.332 e. The Balaban J connectivity index is 1.58. The van der Waals surface area contributed by atoms with Crippen molar-refractivity contribution >= 4 is 22.8 Å². The number of hydrogen-bond acceptors (Lipinski definition) is 4. The monoisotopic (exact) mass is 395 g/mol. The van der Waals surface area contributed by atoms with Crippen molar-refractivity contribution in [3.63, 3.8) is 0 Å². The third-order valence-electron chi connectivity index (χ3n) is 6.00. The summed E-state index contributed by atoms with van der Waals surface area (Å²) in [5.74, 6) is 0.457. The predicted molar refractivity (Wildman–Crippen MR) is 111 cm³/mol. The van der Waals surface area contributed by atoms with Gasteiger partial charge in [-0.05, 0) is 36.5 Å². The molecular formula is C21H25N5O3. The van der Waals surface area contributed by atoms with E-state index in [1.807, 2.05) is 12.1 Å². The van der Waals surface area contributed by atoms with E-state index in [-0.39, 0.29) is 23.6 Å². The van der Waals surface area contributed by atoms with Crippen molar-refractivity contribution in [2.75, 3.05) is 11.9 Å².